The molecule has 0 radical (unpaired) electrons. The van der Waals surface area contributed by atoms with Crippen LogP contribution in [0.3, 0.4) is 0 Å². The number of nitrogens with one attached hydrogen (secondary N) is 9. The summed E-state index contributed by atoms with van der Waals surface area (Å²) in [5, 5.41) is 61.7. The Bertz CT molecular complexity index is 3340. The summed E-state index contributed by atoms with van der Waals surface area (Å²) in [6.07, 6.45) is -0.667. The maximum atomic E-state index is 14.9. The SMILES string of the molecule is CC[C@H](C)[C@H](N)C(=O)N[C@@H](Cc1ccc(O)cc1)C(=O)N[C@@H](CC(C)C)C(=O)N[C@@H](CCC(=O)O)C(=O)N[C@@H](Cc1c[nH]c2ccccc12)C(=O)N[C@@H](CC(C)C)C(=O)N[C@@H](CCC(N)=O)C(=O)N[C@@H](Cc1ccc(O)cc1)C(=O)N[C@@H](Cc1ccccc1)C(=O)O. The van der Waals surface area contributed by atoms with Crippen LogP contribution in [0.2, 0.25) is 0 Å². The fraction of sp³-hybridized carbons (Fsp3) is 0.439. The molecule has 0 aliphatic carbocycles. The number of aromatic nitrogens is 1. The Morgan fingerprint density at radius 2 is 0.815 bits per heavy atom. The fourth-order valence-electron chi connectivity index (χ4n) is 10.1. The van der Waals surface area contributed by atoms with E-state index in [1.54, 1.807) is 108 Å². The molecule has 9 amide bonds. The lowest BCUT2D eigenvalue weighted by atomic mass is 9.97. The van der Waals surface area contributed by atoms with E-state index in [0.29, 0.717) is 39.6 Å². The molecular weight excluding hydrogens is 1190 g/mol. The number of primary amides is 1. The summed E-state index contributed by atoms with van der Waals surface area (Å²) in [7, 11) is 0. The van der Waals surface area contributed by atoms with Gasteiger partial charge in [0.15, 0.2) is 0 Å². The van der Waals surface area contributed by atoms with Crippen LogP contribution in [0.5, 0.6) is 11.5 Å². The Balaban J connectivity index is 1.44. The number of rotatable bonds is 37. The van der Waals surface area contributed by atoms with Crippen molar-refractivity contribution in [3.8, 4) is 11.5 Å². The van der Waals surface area contributed by atoms with Crippen molar-refractivity contribution in [3.05, 3.63) is 132 Å². The minimum Gasteiger partial charge on any atom is -0.508 e. The number of hydrogen-bond acceptors (Lipinski definition) is 14. The van der Waals surface area contributed by atoms with E-state index < -0.39 is 145 Å². The molecular formula is C66H87N11O15. The Labute approximate surface area is 533 Å². The second-order valence-corrected chi connectivity index (χ2v) is 23.9. The third-order valence-corrected chi connectivity index (χ3v) is 15.5. The summed E-state index contributed by atoms with van der Waals surface area (Å²) in [6.45, 7) is 10.6. The largest absolute Gasteiger partial charge is 0.508 e. The average molecular weight is 1270 g/mol. The van der Waals surface area contributed by atoms with E-state index in [9.17, 15) is 73.2 Å². The molecule has 5 rings (SSSR count). The van der Waals surface area contributed by atoms with Gasteiger partial charge in [0, 0.05) is 55.6 Å². The van der Waals surface area contributed by atoms with Crippen molar-refractivity contribution in [1.82, 2.24) is 47.5 Å². The first-order valence-electron chi connectivity index (χ1n) is 30.7. The van der Waals surface area contributed by atoms with Crippen molar-refractivity contribution >= 4 is 76.0 Å². The zero-order valence-corrected chi connectivity index (χ0v) is 52.5. The first kappa shape index (κ1) is 72.9. The summed E-state index contributed by atoms with van der Waals surface area (Å²) in [6, 6.07) is 14.1. The van der Waals surface area contributed by atoms with Crippen LogP contribution >= 0.6 is 0 Å². The number of carboxylic acids is 2. The number of phenols is 2. The number of fused-ring (bicyclic) bond motifs is 1. The van der Waals surface area contributed by atoms with Gasteiger partial charge in [-0.15, -0.1) is 0 Å². The van der Waals surface area contributed by atoms with E-state index in [1.165, 1.54) is 36.4 Å². The number of hydrogen-bond donors (Lipinski definition) is 15. The fourth-order valence-corrected chi connectivity index (χ4v) is 10.1. The molecule has 0 saturated heterocycles. The van der Waals surface area contributed by atoms with Crippen LogP contribution in [0.1, 0.15) is 109 Å². The van der Waals surface area contributed by atoms with E-state index in [-0.39, 0.29) is 67.8 Å². The standard InChI is InChI=1S/C66H87N11O15/c1-7-38(6)57(68)65(90)76-52(32-41-19-23-44(79)24-20-41)62(87)72-49(29-36(2)3)61(86)71-48(26-28-56(81)82)59(84)75-53(34-42-35-69-46-16-12-11-15-45(42)46)64(89)73-50(30-37(4)5)60(85)70-47(25-27-55(67)80)58(83)74-51(31-40-17-21-43(78)22-18-40)63(88)77-54(66(91)92)33-39-13-9-8-10-14-39/h8-24,35-38,47-54,57,69,78-79H,7,25-34,68H2,1-6H3,(H2,67,80)(H,70,85)(H,71,86)(H,72,87)(H,73,89)(H,74,83)(H,75,84)(H,76,90)(H,77,88)(H,81,82)(H,91,92)/t38-,47-,48-,49-,50-,51-,52-,53-,54-,57-/m0/s1. The summed E-state index contributed by atoms with van der Waals surface area (Å²) in [4.78, 5) is 155. The van der Waals surface area contributed by atoms with Gasteiger partial charge in [-0.3, -0.25) is 47.9 Å². The highest BCUT2D eigenvalue weighted by Gasteiger charge is 2.37. The highest BCUT2D eigenvalue weighted by atomic mass is 16.4. The number of aliphatic carboxylic acids is 2. The van der Waals surface area contributed by atoms with Gasteiger partial charge in [0.05, 0.1) is 6.04 Å². The second kappa shape index (κ2) is 35.5. The van der Waals surface area contributed by atoms with Gasteiger partial charge in [-0.25, -0.2) is 4.79 Å². The number of aromatic amines is 1. The third-order valence-electron chi connectivity index (χ3n) is 15.5. The summed E-state index contributed by atoms with van der Waals surface area (Å²) < 4.78 is 0. The lowest BCUT2D eigenvalue weighted by molar-refractivity contribution is -0.142. The molecule has 92 heavy (non-hydrogen) atoms. The molecule has 1 aromatic heterocycles. The maximum Gasteiger partial charge on any atom is 0.326 e. The van der Waals surface area contributed by atoms with Gasteiger partial charge < -0.3 is 79.4 Å². The van der Waals surface area contributed by atoms with Crippen LogP contribution < -0.4 is 54.0 Å². The Morgan fingerprint density at radius 3 is 1.26 bits per heavy atom. The molecule has 4 aromatic carbocycles. The number of carboxylic acid groups (broad SMARTS) is 2. The number of benzene rings is 4. The van der Waals surface area contributed by atoms with Gasteiger partial charge in [0.25, 0.3) is 0 Å². The molecule has 0 unspecified atom stereocenters. The lowest BCUT2D eigenvalue weighted by Gasteiger charge is -2.29. The van der Waals surface area contributed by atoms with Gasteiger partial charge in [-0.05, 0) is 96.0 Å². The smallest absolute Gasteiger partial charge is 0.326 e. The van der Waals surface area contributed by atoms with E-state index >= 15 is 0 Å². The van der Waals surface area contributed by atoms with Gasteiger partial charge >= 0.3 is 11.9 Å². The summed E-state index contributed by atoms with van der Waals surface area (Å²) >= 11 is 0. The monoisotopic (exact) mass is 1270 g/mol. The van der Waals surface area contributed by atoms with Crippen LogP contribution in [0.25, 0.3) is 10.9 Å². The number of aromatic hydroxyl groups is 2. The zero-order valence-electron chi connectivity index (χ0n) is 52.5. The number of para-hydroxylation sites is 1. The molecule has 10 atom stereocenters. The molecule has 0 spiro atoms. The minimum absolute atomic E-state index is 0.00876. The summed E-state index contributed by atoms with van der Waals surface area (Å²) in [5.41, 5.74) is 14.5. The Kier molecular flexibility index (Phi) is 28.1. The van der Waals surface area contributed by atoms with Crippen molar-refractivity contribution < 1.29 is 73.2 Å². The molecule has 26 nitrogen and oxygen atoms in total. The number of amides is 9. The molecule has 496 valence electrons. The van der Waals surface area contributed by atoms with Crippen molar-refractivity contribution in [3.63, 3.8) is 0 Å². The minimum atomic E-state index is -1.66. The van der Waals surface area contributed by atoms with Crippen LogP contribution in [0.15, 0.2) is 109 Å². The number of carbonyl (C=O) groups is 11. The average Bonchev–Trinajstić information content (AvgIpc) is 2.12. The van der Waals surface area contributed by atoms with Gasteiger partial charge in [0.2, 0.25) is 53.2 Å². The third kappa shape index (κ3) is 23.5. The quantitative estimate of drug-likeness (QED) is 0.0271. The molecule has 0 aliphatic rings. The van der Waals surface area contributed by atoms with E-state index in [1.807, 2.05) is 6.92 Å². The highest BCUT2D eigenvalue weighted by molar-refractivity contribution is 5.99. The van der Waals surface area contributed by atoms with Crippen molar-refractivity contribution in [2.45, 2.75) is 167 Å². The Morgan fingerprint density at radius 1 is 0.446 bits per heavy atom. The van der Waals surface area contributed by atoms with Crippen LogP contribution in [0.4, 0.5) is 0 Å². The first-order chi connectivity index (χ1) is 43.6. The van der Waals surface area contributed by atoms with Gasteiger partial charge in [-0.2, -0.15) is 0 Å². The summed E-state index contributed by atoms with van der Waals surface area (Å²) in [5.74, 6) is -11.8. The van der Waals surface area contributed by atoms with Gasteiger partial charge in [0.1, 0.15) is 59.8 Å². The molecule has 17 N–H and O–H groups in total. The van der Waals surface area contributed by atoms with Crippen LogP contribution in [-0.2, 0) is 78.4 Å². The predicted molar refractivity (Wildman–Crippen MR) is 340 cm³/mol. The van der Waals surface area contributed by atoms with Gasteiger partial charge in [-0.1, -0.05) is 121 Å². The van der Waals surface area contributed by atoms with Crippen LogP contribution in [0, 0.1) is 17.8 Å². The Hall–Kier alpha value is -9.85. The molecule has 0 fully saturated rings. The molecule has 1 heterocycles. The van der Waals surface area contributed by atoms with E-state index in [4.69, 9.17) is 11.5 Å². The highest BCUT2D eigenvalue weighted by Crippen LogP contribution is 2.21. The van der Waals surface area contributed by atoms with Crippen LogP contribution in [-0.4, -0.2) is 145 Å². The number of carbonyl (C=O) groups excluding carboxylic acids is 9. The van der Waals surface area contributed by atoms with Crippen molar-refractivity contribution in [2.24, 2.45) is 29.2 Å². The van der Waals surface area contributed by atoms with Crippen molar-refractivity contribution in [2.75, 3.05) is 0 Å². The number of phenolic OH excluding ortho intramolecular Hbond substituents is 2. The maximum absolute atomic E-state index is 14.9. The molecule has 26 heteroatoms. The predicted octanol–water partition coefficient (Wildman–Crippen LogP) is 2.41. The van der Waals surface area contributed by atoms with E-state index in [0.717, 1.165) is 0 Å². The van der Waals surface area contributed by atoms with Crippen molar-refractivity contribution in [1.29, 1.82) is 0 Å². The first-order valence-corrected chi connectivity index (χ1v) is 30.7. The molecule has 0 aliphatic heterocycles. The van der Waals surface area contributed by atoms with E-state index in [2.05, 4.69) is 47.5 Å². The normalized spacial score (nSPS) is 14.5. The number of nitrogens with two attached hydrogens (primary N) is 2. The topological polar surface area (TPSA) is 433 Å². The molecule has 0 saturated carbocycles. The molecule has 0 bridgehead atoms. The second-order valence-electron chi connectivity index (χ2n) is 23.9. The number of H-pyrrole nitrogens is 1. The molecule has 5 aromatic rings. The zero-order chi connectivity index (χ0) is 67.8. The lowest BCUT2D eigenvalue weighted by Crippen LogP contribution is -2.61.